The average Bonchev–Trinajstić information content (AvgIpc) is 2.90. The van der Waals surface area contributed by atoms with Gasteiger partial charge in [0.25, 0.3) is 0 Å². The number of rotatable bonds is 7. The maximum Gasteiger partial charge on any atom is 0.185 e. The third-order valence-corrected chi connectivity index (χ3v) is 4.69. The van der Waals surface area contributed by atoms with Crippen LogP contribution in [-0.4, -0.2) is 18.6 Å². The summed E-state index contributed by atoms with van der Waals surface area (Å²) >= 11 is 5.22. The van der Waals surface area contributed by atoms with E-state index in [1.54, 1.807) is 11.3 Å². The van der Waals surface area contributed by atoms with Crippen molar-refractivity contribution < 1.29 is 0 Å². The minimum atomic E-state index is 0.678. The second-order valence-corrected chi connectivity index (χ2v) is 7.63. The van der Waals surface area contributed by atoms with E-state index in [0.29, 0.717) is 5.92 Å². The van der Waals surface area contributed by atoms with Crippen molar-refractivity contribution in [2.75, 3.05) is 18.5 Å². The summed E-state index contributed by atoms with van der Waals surface area (Å²) < 4.78 is 1.11. The van der Waals surface area contributed by atoms with Crippen molar-refractivity contribution in [1.82, 2.24) is 10.3 Å². The first kappa shape index (κ1) is 16.5. The Labute approximate surface area is 139 Å². The van der Waals surface area contributed by atoms with Gasteiger partial charge in [0, 0.05) is 35.7 Å². The minimum Gasteiger partial charge on any atom is -0.347 e. The first-order valence-corrected chi connectivity index (χ1v) is 8.76. The van der Waals surface area contributed by atoms with E-state index in [1.165, 1.54) is 10.4 Å². The zero-order chi connectivity index (χ0) is 15.2. The van der Waals surface area contributed by atoms with Crippen LogP contribution in [0, 0.1) is 5.92 Å². The quantitative estimate of drug-likeness (QED) is 0.790. The fourth-order valence-electron chi connectivity index (χ4n) is 1.97. The van der Waals surface area contributed by atoms with Crippen molar-refractivity contribution in [2.45, 2.75) is 26.9 Å². The molecule has 0 fully saturated rings. The second-order valence-electron chi connectivity index (χ2n) is 5.62. The molecule has 0 amide bonds. The van der Waals surface area contributed by atoms with E-state index in [1.807, 2.05) is 6.20 Å². The van der Waals surface area contributed by atoms with Gasteiger partial charge in [-0.05, 0) is 30.2 Å². The number of benzene rings is 1. The summed E-state index contributed by atoms with van der Waals surface area (Å²) in [6, 6.07) is 8.43. The third kappa shape index (κ3) is 5.41. The van der Waals surface area contributed by atoms with Crippen molar-refractivity contribution in [3.8, 4) is 0 Å². The topological polar surface area (TPSA) is 28.2 Å². The van der Waals surface area contributed by atoms with E-state index >= 15 is 0 Å². The predicted molar refractivity (Wildman–Crippen MR) is 94.9 cm³/mol. The molecule has 0 aliphatic rings. The number of anilines is 1. The molecule has 1 N–H and O–H groups in total. The van der Waals surface area contributed by atoms with E-state index < -0.39 is 0 Å². The molecular weight excluding hydrogens is 346 g/mol. The summed E-state index contributed by atoms with van der Waals surface area (Å²) in [6.45, 7) is 7.26. The standard InChI is InChI=1S/C16H22BrN3S/c1-12(2)8-18-9-15-10-19-16(21-15)20(3)11-13-4-6-14(17)7-5-13/h4-7,10,12,18H,8-9,11H2,1-3H3. The number of hydrogen-bond donors (Lipinski definition) is 1. The van der Waals surface area contributed by atoms with E-state index in [9.17, 15) is 0 Å². The Balaban J connectivity index is 1.89. The van der Waals surface area contributed by atoms with Crippen LogP contribution >= 0.6 is 27.3 Å². The molecule has 114 valence electrons. The van der Waals surface area contributed by atoms with Crippen LogP contribution in [0.1, 0.15) is 24.3 Å². The molecule has 0 saturated carbocycles. The van der Waals surface area contributed by atoms with Crippen molar-refractivity contribution in [3.63, 3.8) is 0 Å². The predicted octanol–water partition coefficient (Wildman–Crippen LogP) is 4.29. The number of nitrogens with one attached hydrogen (secondary N) is 1. The summed E-state index contributed by atoms with van der Waals surface area (Å²) in [7, 11) is 2.09. The number of aromatic nitrogens is 1. The molecule has 0 saturated heterocycles. The number of halogens is 1. The van der Waals surface area contributed by atoms with Crippen LogP contribution < -0.4 is 10.2 Å². The molecule has 0 aliphatic carbocycles. The highest BCUT2D eigenvalue weighted by Crippen LogP contribution is 2.23. The molecule has 3 nitrogen and oxygen atoms in total. The monoisotopic (exact) mass is 367 g/mol. The average molecular weight is 368 g/mol. The molecule has 1 aromatic carbocycles. The lowest BCUT2D eigenvalue weighted by Gasteiger charge is -2.15. The molecule has 2 rings (SSSR count). The molecule has 0 atom stereocenters. The Hall–Kier alpha value is -0.910. The molecule has 1 aromatic heterocycles. The fourth-order valence-corrected chi connectivity index (χ4v) is 3.08. The molecule has 2 aromatic rings. The van der Waals surface area contributed by atoms with Crippen LogP contribution in [0.5, 0.6) is 0 Å². The maximum absolute atomic E-state index is 4.52. The Morgan fingerprint density at radius 2 is 2.00 bits per heavy atom. The van der Waals surface area contributed by atoms with Gasteiger partial charge in [-0.1, -0.05) is 41.9 Å². The van der Waals surface area contributed by atoms with Crippen LogP contribution in [0.15, 0.2) is 34.9 Å². The molecular formula is C16H22BrN3S. The van der Waals surface area contributed by atoms with Crippen molar-refractivity contribution in [2.24, 2.45) is 5.92 Å². The molecule has 0 radical (unpaired) electrons. The smallest absolute Gasteiger partial charge is 0.185 e. The third-order valence-electron chi connectivity index (χ3n) is 3.05. The molecule has 0 unspecified atom stereocenters. The Bertz CT molecular complexity index is 551. The van der Waals surface area contributed by atoms with Crippen molar-refractivity contribution >= 4 is 32.4 Å². The largest absolute Gasteiger partial charge is 0.347 e. The van der Waals surface area contributed by atoms with E-state index in [-0.39, 0.29) is 0 Å². The van der Waals surface area contributed by atoms with Gasteiger partial charge < -0.3 is 10.2 Å². The molecule has 0 spiro atoms. The van der Waals surface area contributed by atoms with Gasteiger partial charge >= 0.3 is 0 Å². The van der Waals surface area contributed by atoms with Gasteiger partial charge in [-0.15, -0.1) is 11.3 Å². The molecule has 5 heteroatoms. The van der Waals surface area contributed by atoms with Crippen LogP contribution in [0.3, 0.4) is 0 Å². The number of nitrogens with zero attached hydrogens (tertiary/aromatic N) is 2. The summed E-state index contributed by atoms with van der Waals surface area (Å²) in [5.41, 5.74) is 1.29. The maximum atomic E-state index is 4.52. The summed E-state index contributed by atoms with van der Waals surface area (Å²) in [5.74, 6) is 0.678. The molecule has 21 heavy (non-hydrogen) atoms. The fraction of sp³-hybridized carbons (Fsp3) is 0.438. The lowest BCUT2D eigenvalue weighted by Crippen LogP contribution is -2.18. The van der Waals surface area contributed by atoms with Gasteiger partial charge in [-0.2, -0.15) is 0 Å². The molecule has 0 aliphatic heterocycles. The SMILES string of the molecule is CC(C)CNCc1cnc(N(C)Cc2ccc(Br)cc2)s1. The Morgan fingerprint density at radius 1 is 1.29 bits per heavy atom. The van der Waals surface area contributed by atoms with Gasteiger partial charge in [0.1, 0.15) is 0 Å². The van der Waals surface area contributed by atoms with E-state index in [2.05, 4.69) is 76.3 Å². The zero-order valence-corrected chi connectivity index (χ0v) is 15.2. The van der Waals surface area contributed by atoms with Crippen LogP contribution in [-0.2, 0) is 13.1 Å². The van der Waals surface area contributed by atoms with Gasteiger partial charge in [0.05, 0.1) is 0 Å². The van der Waals surface area contributed by atoms with Crippen molar-refractivity contribution in [3.05, 3.63) is 45.4 Å². The molecule has 1 heterocycles. The van der Waals surface area contributed by atoms with Gasteiger partial charge in [-0.3, -0.25) is 0 Å². The Morgan fingerprint density at radius 3 is 2.67 bits per heavy atom. The second kappa shape index (κ2) is 7.92. The summed E-state index contributed by atoms with van der Waals surface area (Å²) in [4.78, 5) is 8.00. The highest BCUT2D eigenvalue weighted by atomic mass is 79.9. The number of hydrogen-bond acceptors (Lipinski definition) is 4. The first-order valence-electron chi connectivity index (χ1n) is 7.15. The van der Waals surface area contributed by atoms with E-state index in [4.69, 9.17) is 0 Å². The van der Waals surface area contributed by atoms with Crippen LogP contribution in [0.25, 0.3) is 0 Å². The Kier molecular flexibility index (Phi) is 6.21. The lowest BCUT2D eigenvalue weighted by atomic mass is 10.2. The summed E-state index contributed by atoms with van der Waals surface area (Å²) in [5, 5.41) is 4.52. The number of thiazole rings is 1. The van der Waals surface area contributed by atoms with E-state index in [0.717, 1.165) is 29.2 Å². The minimum absolute atomic E-state index is 0.678. The first-order chi connectivity index (χ1) is 10.0. The normalized spacial score (nSPS) is 11.1. The van der Waals surface area contributed by atoms with Gasteiger partial charge in [0.15, 0.2) is 5.13 Å². The van der Waals surface area contributed by atoms with Gasteiger partial charge in [0.2, 0.25) is 0 Å². The van der Waals surface area contributed by atoms with Crippen LogP contribution in [0.2, 0.25) is 0 Å². The highest BCUT2D eigenvalue weighted by molar-refractivity contribution is 9.10. The summed E-state index contributed by atoms with van der Waals surface area (Å²) in [6.07, 6.45) is 1.98. The highest BCUT2D eigenvalue weighted by Gasteiger charge is 2.08. The molecule has 0 bridgehead atoms. The van der Waals surface area contributed by atoms with Crippen LogP contribution in [0.4, 0.5) is 5.13 Å². The lowest BCUT2D eigenvalue weighted by molar-refractivity contribution is 0.554. The zero-order valence-electron chi connectivity index (χ0n) is 12.8. The van der Waals surface area contributed by atoms with Crippen molar-refractivity contribution in [1.29, 1.82) is 0 Å². The van der Waals surface area contributed by atoms with Gasteiger partial charge in [-0.25, -0.2) is 4.98 Å².